The zero-order valence-electron chi connectivity index (χ0n) is 9.65. The largest absolute Gasteiger partial charge is 0.478 e. The second kappa shape index (κ2) is 4.45. The van der Waals surface area contributed by atoms with E-state index in [4.69, 9.17) is 9.47 Å². The predicted molar refractivity (Wildman–Crippen MR) is 61.1 cm³/mol. The first-order valence-electron chi connectivity index (χ1n) is 5.40. The average Bonchev–Trinajstić information content (AvgIpc) is 2.28. The van der Waals surface area contributed by atoms with Crippen molar-refractivity contribution in [1.82, 2.24) is 0 Å². The zero-order valence-corrected chi connectivity index (χ0v) is 9.65. The van der Waals surface area contributed by atoms with Crippen LogP contribution in [0.25, 0.3) is 0 Å². The second-order valence-electron chi connectivity index (χ2n) is 3.76. The number of ether oxygens (including phenoxy) is 2. The molecule has 2 rings (SSSR count). The monoisotopic (exact) mass is 235 g/mol. The minimum absolute atomic E-state index is 0.153. The standard InChI is InChI=1S/C12H13NO4/c1-3-10-12(15)13-9-5-4-8(16-7(2)14)6-11(9)17-10/h4-6,10H,3H2,1-2H3,(H,13,15)/t10-/m0/s1. The number of fused-ring (bicyclic) bond motifs is 1. The number of hydrogen-bond acceptors (Lipinski definition) is 4. The smallest absolute Gasteiger partial charge is 0.308 e. The van der Waals surface area contributed by atoms with Crippen LogP contribution in [0.2, 0.25) is 0 Å². The molecule has 1 amide bonds. The molecule has 0 aliphatic carbocycles. The van der Waals surface area contributed by atoms with Gasteiger partial charge in [0, 0.05) is 13.0 Å². The summed E-state index contributed by atoms with van der Waals surface area (Å²) >= 11 is 0. The summed E-state index contributed by atoms with van der Waals surface area (Å²) in [6, 6.07) is 4.85. The van der Waals surface area contributed by atoms with Gasteiger partial charge in [-0.05, 0) is 18.6 Å². The number of nitrogens with one attached hydrogen (secondary N) is 1. The van der Waals surface area contributed by atoms with Gasteiger partial charge in [0.05, 0.1) is 5.69 Å². The van der Waals surface area contributed by atoms with E-state index in [1.807, 2.05) is 6.92 Å². The highest BCUT2D eigenvalue weighted by molar-refractivity contribution is 5.97. The minimum Gasteiger partial charge on any atom is -0.478 e. The van der Waals surface area contributed by atoms with Gasteiger partial charge in [-0.25, -0.2) is 0 Å². The van der Waals surface area contributed by atoms with Gasteiger partial charge >= 0.3 is 5.97 Å². The summed E-state index contributed by atoms with van der Waals surface area (Å²) in [7, 11) is 0. The molecule has 1 N–H and O–H groups in total. The van der Waals surface area contributed by atoms with Crippen molar-refractivity contribution in [2.24, 2.45) is 0 Å². The Labute approximate surface area is 98.7 Å². The van der Waals surface area contributed by atoms with Crippen LogP contribution in [-0.4, -0.2) is 18.0 Å². The van der Waals surface area contributed by atoms with E-state index >= 15 is 0 Å². The van der Waals surface area contributed by atoms with Gasteiger partial charge in [0.15, 0.2) is 6.10 Å². The third-order valence-electron chi connectivity index (χ3n) is 2.40. The maximum Gasteiger partial charge on any atom is 0.308 e. The van der Waals surface area contributed by atoms with E-state index in [0.29, 0.717) is 23.6 Å². The molecule has 5 nitrogen and oxygen atoms in total. The summed E-state index contributed by atoms with van der Waals surface area (Å²) in [6.07, 6.45) is 0.0957. The average molecular weight is 235 g/mol. The molecular formula is C12H13NO4. The minimum atomic E-state index is -0.491. The van der Waals surface area contributed by atoms with Crippen molar-refractivity contribution in [2.75, 3.05) is 5.32 Å². The third kappa shape index (κ3) is 2.38. The molecule has 5 heteroatoms. The fraction of sp³-hybridized carbons (Fsp3) is 0.333. The lowest BCUT2D eigenvalue weighted by atomic mass is 10.2. The lowest BCUT2D eigenvalue weighted by Crippen LogP contribution is -2.36. The van der Waals surface area contributed by atoms with Gasteiger partial charge in [0.25, 0.3) is 5.91 Å². The molecular weight excluding hydrogens is 222 g/mol. The van der Waals surface area contributed by atoms with Crippen LogP contribution in [0.4, 0.5) is 5.69 Å². The summed E-state index contributed by atoms with van der Waals surface area (Å²) in [4.78, 5) is 22.4. The Morgan fingerprint density at radius 2 is 2.29 bits per heavy atom. The molecule has 1 aliphatic rings. The number of esters is 1. The molecule has 0 unspecified atom stereocenters. The van der Waals surface area contributed by atoms with E-state index in [2.05, 4.69) is 5.32 Å². The Bertz CT molecular complexity index is 470. The van der Waals surface area contributed by atoms with Crippen molar-refractivity contribution in [1.29, 1.82) is 0 Å². The Balaban J connectivity index is 2.27. The van der Waals surface area contributed by atoms with E-state index < -0.39 is 12.1 Å². The first kappa shape index (κ1) is 11.4. The summed E-state index contributed by atoms with van der Waals surface area (Å²) in [6.45, 7) is 3.20. The number of rotatable bonds is 2. The number of carbonyl (C=O) groups is 2. The molecule has 1 heterocycles. The highest BCUT2D eigenvalue weighted by atomic mass is 16.5. The van der Waals surface area contributed by atoms with Crippen molar-refractivity contribution < 1.29 is 19.1 Å². The molecule has 0 spiro atoms. The normalized spacial score (nSPS) is 17.8. The first-order chi connectivity index (χ1) is 8.10. The molecule has 0 saturated heterocycles. The molecule has 0 bridgehead atoms. The number of carbonyl (C=O) groups excluding carboxylic acids is 2. The van der Waals surface area contributed by atoms with E-state index in [9.17, 15) is 9.59 Å². The number of benzene rings is 1. The number of anilines is 1. The van der Waals surface area contributed by atoms with Gasteiger partial charge in [-0.15, -0.1) is 0 Å². The van der Waals surface area contributed by atoms with Crippen molar-refractivity contribution in [2.45, 2.75) is 26.4 Å². The van der Waals surface area contributed by atoms with Crippen LogP contribution in [0.15, 0.2) is 18.2 Å². The molecule has 90 valence electrons. The van der Waals surface area contributed by atoms with Gasteiger partial charge in [0.1, 0.15) is 11.5 Å². The molecule has 0 aromatic heterocycles. The summed E-state index contributed by atoms with van der Waals surface area (Å²) in [5, 5.41) is 2.74. The Morgan fingerprint density at radius 3 is 2.94 bits per heavy atom. The van der Waals surface area contributed by atoms with Crippen LogP contribution >= 0.6 is 0 Å². The molecule has 17 heavy (non-hydrogen) atoms. The predicted octanol–water partition coefficient (Wildman–Crippen LogP) is 1.72. The topological polar surface area (TPSA) is 64.6 Å². The molecule has 1 atom stereocenters. The van der Waals surface area contributed by atoms with Gasteiger partial charge in [-0.2, -0.15) is 0 Å². The van der Waals surface area contributed by atoms with Crippen LogP contribution in [0, 0.1) is 0 Å². The summed E-state index contributed by atoms with van der Waals surface area (Å²) in [5.74, 6) is 0.384. The Morgan fingerprint density at radius 1 is 1.53 bits per heavy atom. The highest BCUT2D eigenvalue weighted by Crippen LogP contribution is 2.33. The van der Waals surface area contributed by atoms with Gasteiger partial charge in [-0.1, -0.05) is 6.92 Å². The summed E-state index contributed by atoms with van der Waals surface area (Å²) < 4.78 is 10.5. The highest BCUT2D eigenvalue weighted by Gasteiger charge is 2.26. The lowest BCUT2D eigenvalue weighted by molar-refractivity contribution is -0.132. The SMILES string of the molecule is CC[C@@H]1Oc2cc(OC(C)=O)ccc2NC1=O. The molecule has 1 aromatic carbocycles. The number of amides is 1. The quantitative estimate of drug-likeness (QED) is 0.626. The van der Waals surface area contributed by atoms with E-state index in [-0.39, 0.29) is 5.91 Å². The lowest BCUT2D eigenvalue weighted by Gasteiger charge is -2.25. The molecule has 1 aliphatic heterocycles. The molecule has 1 aromatic rings. The van der Waals surface area contributed by atoms with Crippen molar-refractivity contribution in [3.8, 4) is 11.5 Å². The van der Waals surface area contributed by atoms with Crippen LogP contribution < -0.4 is 14.8 Å². The first-order valence-corrected chi connectivity index (χ1v) is 5.40. The van der Waals surface area contributed by atoms with E-state index in [1.54, 1.807) is 18.2 Å². The fourth-order valence-electron chi connectivity index (χ4n) is 1.62. The Kier molecular flexibility index (Phi) is 2.99. The van der Waals surface area contributed by atoms with E-state index in [1.165, 1.54) is 6.92 Å². The van der Waals surface area contributed by atoms with Gasteiger partial charge in [0.2, 0.25) is 0 Å². The zero-order chi connectivity index (χ0) is 12.4. The second-order valence-corrected chi connectivity index (χ2v) is 3.76. The maximum atomic E-state index is 11.5. The van der Waals surface area contributed by atoms with Gasteiger partial charge < -0.3 is 14.8 Å². The van der Waals surface area contributed by atoms with Crippen molar-refractivity contribution in [3.63, 3.8) is 0 Å². The third-order valence-corrected chi connectivity index (χ3v) is 2.40. The van der Waals surface area contributed by atoms with Crippen LogP contribution in [0.3, 0.4) is 0 Å². The molecule has 0 fully saturated rings. The number of hydrogen-bond donors (Lipinski definition) is 1. The fourth-order valence-corrected chi connectivity index (χ4v) is 1.62. The van der Waals surface area contributed by atoms with Crippen LogP contribution in [-0.2, 0) is 9.59 Å². The van der Waals surface area contributed by atoms with Crippen LogP contribution in [0.5, 0.6) is 11.5 Å². The summed E-state index contributed by atoms with van der Waals surface area (Å²) in [5.41, 5.74) is 0.593. The Hall–Kier alpha value is -2.04. The molecule has 0 saturated carbocycles. The maximum absolute atomic E-state index is 11.5. The molecule has 0 radical (unpaired) electrons. The van der Waals surface area contributed by atoms with Crippen LogP contribution in [0.1, 0.15) is 20.3 Å². The van der Waals surface area contributed by atoms with E-state index in [0.717, 1.165) is 0 Å². The van der Waals surface area contributed by atoms with Crippen molar-refractivity contribution >= 4 is 17.6 Å². The van der Waals surface area contributed by atoms with Gasteiger partial charge in [-0.3, -0.25) is 9.59 Å². The van der Waals surface area contributed by atoms with Crippen molar-refractivity contribution in [3.05, 3.63) is 18.2 Å².